The topological polar surface area (TPSA) is 68.2 Å². The van der Waals surface area contributed by atoms with Crippen molar-refractivity contribution in [2.45, 2.75) is 13.0 Å². The van der Waals surface area contributed by atoms with Gasteiger partial charge in [-0.15, -0.1) is 0 Å². The van der Waals surface area contributed by atoms with Gasteiger partial charge in [0, 0.05) is 28.9 Å². The minimum Gasteiger partial charge on any atom is -0.469 e. The Morgan fingerprint density at radius 1 is 1.00 bits per heavy atom. The van der Waals surface area contributed by atoms with Crippen LogP contribution in [0.1, 0.15) is 17.3 Å². The van der Waals surface area contributed by atoms with E-state index in [1.807, 2.05) is 42.5 Å². The highest BCUT2D eigenvalue weighted by Gasteiger charge is 2.31. The predicted molar refractivity (Wildman–Crippen MR) is 116 cm³/mol. The van der Waals surface area contributed by atoms with Crippen LogP contribution in [0.4, 0.5) is 5.82 Å². The first-order valence-electron chi connectivity index (χ1n) is 9.87. The Morgan fingerprint density at radius 3 is 2.70 bits per heavy atom. The van der Waals surface area contributed by atoms with Crippen LogP contribution in [0.3, 0.4) is 0 Å². The van der Waals surface area contributed by atoms with Crippen LogP contribution in [0.15, 0.2) is 73.1 Å². The minimum atomic E-state index is 0.00436. The Kier molecular flexibility index (Phi) is 4.59. The van der Waals surface area contributed by atoms with Crippen LogP contribution in [0, 0.1) is 0 Å². The van der Waals surface area contributed by atoms with E-state index in [-0.39, 0.29) is 11.9 Å². The number of fused-ring (bicyclic) bond motifs is 1. The summed E-state index contributed by atoms with van der Waals surface area (Å²) in [6, 6.07) is 19.6. The number of pyridine rings is 1. The number of anilines is 1. The maximum atomic E-state index is 11.7. The summed E-state index contributed by atoms with van der Waals surface area (Å²) in [6.07, 6.45) is 3.26. The van der Waals surface area contributed by atoms with Crippen molar-refractivity contribution in [3.63, 3.8) is 0 Å². The number of rotatable bonds is 5. The molecule has 30 heavy (non-hydrogen) atoms. The Hall–Kier alpha value is -3.80. The van der Waals surface area contributed by atoms with Crippen LogP contribution >= 0.6 is 0 Å². The monoisotopic (exact) mass is 396 g/mol. The number of aromatic nitrogens is 3. The lowest BCUT2D eigenvalue weighted by Crippen LogP contribution is -2.54. The molecule has 148 valence electrons. The number of para-hydroxylation sites is 1. The van der Waals surface area contributed by atoms with Gasteiger partial charge in [0.05, 0.1) is 18.6 Å². The van der Waals surface area contributed by atoms with Crippen LogP contribution in [0.25, 0.3) is 22.2 Å². The Balaban J connectivity index is 1.32. The molecule has 5 rings (SSSR count). The van der Waals surface area contributed by atoms with E-state index in [9.17, 15) is 4.79 Å². The van der Waals surface area contributed by atoms with E-state index >= 15 is 0 Å². The number of nitrogens with zero attached hydrogens (tertiary/aromatic N) is 4. The normalized spacial score (nSPS) is 13.8. The van der Waals surface area contributed by atoms with Crippen LogP contribution in [-0.2, 0) is 0 Å². The molecule has 1 aliphatic heterocycles. The van der Waals surface area contributed by atoms with Gasteiger partial charge in [-0.05, 0) is 31.2 Å². The van der Waals surface area contributed by atoms with Crippen LogP contribution in [0.5, 0.6) is 5.88 Å². The fourth-order valence-corrected chi connectivity index (χ4v) is 3.58. The molecule has 0 bridgehead atoms. The highest BCUT2D eigenvalue weighted by molar-refractivity contribution is 5.95. The molecule has 2 aromatic carbocycles. The van der Waals surface area contributed by atoms with Gasteiger partial charge in [0.1, 0.15) is 17.6 Å². The van der Waals surface area contributed by atoms with Crippen molar-refractivity contribution in [1.29, 1.82) is 0 Å². The first-order chi connectivity index (χ1) is 14.7. The number of ether oxygens (including phenoxy) is 1. The van der Waals surface area contributed by atoms with Crippen molar-refractivity contribution in [3.8, 4) is 17.1 Å². The van der Waals surface area contributed by atoms with Crippen molar-refractivity contribution < 1.29 is 9.53 Å². The van der Waals surface area contributed by atoms with Crippen molar-refractivity contribution in [3.05, 3.63) is 78.6 Å². The molecular weight excluding hydrogens is 376 g/mol. The highest BCUT2D eigenvalue weighted by atomic mass is 16.5. The molecule has 0 atom stereocenters. The molecule has 0 saturated carbocycles. The largest absolute Gasteiger partial charge is 0.469 e. The summed E-state index contributed by atoms with van der Waals surface area (Å²) in [6.45, 7) is 3.01. The molecule has 6 heteroatoms. The highest BCUT2D eigenvalue weighted by Crippen LogP contribution is 2.30. The number of carbonyl (C=O) groups excluding carboxylic acids is 1. The van der Waals surface area contributed by atoms with E-state index < -0.39 is 0 Å². The number of ketones is 1. The lowest BCUT2D eigenvalue weighted by molar-refractivity contribution is 0.101. The number of benzene rings is 2. The number of Topliss-reactive ketones (excluding diaryl/α,β-unsaturated/α-hetero) is 1. The molecule has 0 aliphatic carbocycles. The molecule has 4 aromatic rings. The molecule has 0 N–H and O–H groups in total. The zero-order chi connectivity index (χ0) is 20.5. The molecule has 2 aromatic heterocycles. The molecule has 0 radical (unpaired) electrons. The zero-order valence-corrected chi connectivity index (χ0v) is 16.5. The fourth-order valence-electron chi connectivity index (χ4n) is 3.58. The molecule has 1 aliphatic rings. The van der Waals surface area contributed by atoms with Crippen molar-refractivity contribution >= 4 is 22.5 Å². The van der Waals surface area contributed by atoms with E-state index in [0.717, 1.165) is 35.4 Å². The summed E-state index contributed by atoms with van der Waals surface area (Å²) >= 11 is 0. The zero-order valence-electron chi connectivity index (χ0n) is 16.5. The summed E-state index contributed by atoms with van der Waals surface area (Å²) in [5.41, 5.74) is 3.09. The maximum absolute atomic E-state index is 11.7. The van der Waals surface area contributed by atoms with Crippen LogP contribution < -0.4 is 9.64 Å². The number of carbonyl (C=O) groups is 1. The molecule has 3 heterocycles. The van der Waals surface area contributed by atoms with Crippen molar-refractivity contribution in [1.82, 2.24) is 15.0 Å². The Morgan fingerprint density at radius 2 is 1.83 bits per heavy atom. The van der Waals surface area contributed by atoms with Gasteiger partial charge in [-0.25, -0.2) is 15.0 Å². The standard InChI is InChI=1S/C24H20N4O2/c1-16(29)18-6-4-7-19(13-18)23-24(26-12-11-25-23)30-20-14-28(15-20)22-10-9-17-5-2-3-8-21(17)27-22/h2-13,20H,14-15H2,1H3. The lowest BCUT2D eigenvalue weighted by Gasteiger charge is -2.39. The van der Waals surface area contributed by atoms with Gasteiger partial charge in [0.25, 0.3) is 0 Å². The Bertz CT molecular complexity index is 1230. The maximum Gasteiger partial charge on any atom is 0.240 e. The average Bonchev–Trinajstić information content (AvgIpc) is 2.76. The Labute approximate surface area is 174 Å². The van der Waals surface area contributed by atoms with E-state index in [1.165, 1.54) is 0 Å². The summed E-state index contributed by atoms with van der Waals surface area (Å²) in [5.74, 6) is 1.44. The molecule has 6 nitrogen and oxygen atoms in total. The van der Waals surface area contributed by atoms with Gasteiger partial charge >= 0.3 is 0 Å². The second-order valence-corrected chi connectivity index (χ2v) is 7.35. The molecule has 0 amide bonds. The van der Waals surface area contributed by atoms with Crippen LogP contribution in [0.2, 0.25) is 0 Å². The minimum absolute atomic E-state index is 0.00436. The molecule has 1 fully saturated rings. The molecule has 0 unspecified atom stereocenters. The molecule has 0 spiro atoms. The van der Waals surface area contributed by atoms with E-state index in [4.69, 9.17) is 9.72 Å². The first-order valence-corrected chi connectivity index (χ1v) is 9.87. The van der Waals surface area contributed by atoms with E-state index in [2.05, 4.69) is 27.0 Å². The first kappa shape index (κ1) is 18.2. The predicted octanol–water partition coefficient (Wildman–Crippen LogP) is 4.16. The summed E-state index contributed by atoms with van der Waals surface area (Å²) in [7, 11) is 0. The third-order valence-corrected chi connectivity index (χ3v) is 5.24. The SMILES string of the molecule is CC(=O)c1cccc(-c2nccnc2OC2CN(c3ccc4ccccc4n3)C2)c1. The third-order valence-electron chi connectivity index (χ3n) is 5.24. The van der Waals surface area contributed by atoms with Gasteiger partial charge in [0.15, 0.2) is 5.78 Å². The van der Waals surface area contributed by atoms with Gasteiger partial charge in [-0.2, -0.15) is 0 Å². The summed E-state index contributed by atoms with van der Waals surface area (Å²) in [5, 5.41) is 1.13. The number of hydrogen-bond acceptors (Lipinski definition) is 6. The second kappa shape index (κ2) is 7.55. The van der Waals surface area contributed by atoms with Gasteiger partial charge in [0.2, 0.25) is 5.88 Å². The lowest BCUT2D eigenvalue weighted by atomic mass is 10.1. The molecular formula is C24H20N4O2. The summed E-state index contributed by atoms with van der Waals surface area (Å²) < 4.78 is 6.15. The van der Waals surface area contributed by atoms with Crippen LogP contribution in [-0.4, -0.2) is 39.9 Å². The van der Waals surface area contributed by atoms with Gasteiger partial charge in [-0.1, -0.05) is 36.4 Å². The quantitative estimate of drug-likeness (QED) is 0.472. The fraction of sp³-hybridized carbons (Fsp3) is 0.167. The van der Waals surface area contributed by atoms with Gasteiger partial charge in [-0.3, -0.25) is 4.79 Å². The van der Waals surface area contributed by atoms with Crippen molar-refractivity contribution in [2.75, 3.05) is 18.0 Å². The third kappa shape index (κ3) is 3.48. The van der Waals surface area contributed by atoms with E-state index in [1.54, 1.807) is 25.4 Å². The number of hydrogen-bond donors (Lipinski definition) is 0. The summed E-state index contributed by atoms with van der Waals surface area (Å²) in [4.78, 5) is 27.5. The second-order valence-electron chi connectivity index (χ2n) is 7.35. The van der Waals surface area contributed by atoms with E-state index in [0.29, 0.717) is 17.1 Å². The van der Waals surface area contributed by atoms with Crippen molar-refractivity contribution in [2.24, 2.45) is 0 Å². The average molecular weight is 396 g/mol. The smallest absolute Gasteiger partial charge is 0.240 e. The van der Waals surface area contributed by atoms with Gasteiger partial charge < -0.3 is 9.64 Å². The molecule has 1 saturated heterocycles.